The molecule has 0 radical (unpaired) electrons. The van der Waals surface area contributed by atoms with Crippen LogP contribution in [0.4, 0.5) is 13.2 Å². The van der Waals surface area contributed by atoms with Gasteiger partial charge in [-0.05, 0) is 54.7 Å². The summed E-state index contributed by atoms with van der Waals surface area (Å²) in [6, 6.07) is 12.1. The van der Waals surface area contributed by atoms with Gasteiger partial charge in [0.25, 0.3) is 5.91 Å². The maximum Gasteiger partial charge on any atom is 0.416 e. The maximum atomic E-state index is 12.9. The highest BCUT2D eigenvalue weighted by Crippen LogP contribution is 2.45. The summed E-state index contributed by atoms with van der Waals surface area (Å²) in [6.45, 7) is 4.20. The zero-order valence-corrected chi connectivity index (χ0v) is 21.1. The number of aliphatic carboxylic acids is 1. The molecule has 1 unspecified atom stereocenters. The van der Waals surface area contributed by atoms with Gasteiger partial charge < -0.3 is 24.8 Å². The minimum atomic E-state index is -4.48. The normalized spacial score (nSPS) is 21.1. The second-order valence-electron chi connectivity index (χ2n) is 9.08. The summed E-state index contributed by atoms with van der Waals surface area (Å²) in [5.41, 5.74) is 0.0876. The highest BCUT2D eigenvalue weighted by molar-refractivity contribution is 5.94. The van der Waals surface area contributed by atoms with Crippen LogP contribution in [0, 0.1) is 11.8 Å². The Balaban J connectivity index is 0.00000380. The van der Waals surface area contributed by atoms with Crippen LogP contribution in [0.2, 0.25) is 0 Å². The number of halogens is 4. The van der Waals surface area contributed by atoms with Crippen molar-refractivity contribution in [1.29, 1.82) is 0 Å². The maximum absolute atomic E-state index is 12.9. The van der Waals surface area contributed by atoms with Crippen molar-refractivity contribution in [2.75, 3.05) is 32.8 Å². The van der Waals surface area contributed by atoms with E-state index in [0.29, 0.717) is 50.4 Å². The first kappa shape index (κ1) is 28.7. The summed E-state index contributed by atoms with van der Waals surface area (Å²) in [4.78, 5) is 25.5. The van der Waals surface area contributed by atoms with Gasteiger partial charge in [-0.15, -0.1) is 12.4 Å². The van der Waals surface area contributed by atoms with Crippen molar-refractivity contribution < 1.29 is 37.3 Å². The third-order valence-corrected chi connectivity index (χ3v) is 6.66. The van der Waals surface area contributed by atoms with Crippen molar-refractivity contribution in [3.8, 4) is 5.75 Å². The first-order valence-electron chi connectivity index (χ1n) is 11.9. The summed E-state index contributed by atoms with van der Waals surface area (Å²) in [5.74, 6) is -0.0817. The number of piperidine rings is 1. The van der Waals surface area contributed by atoms with Gasteiger partial charge in [-0.3, -0.25) is 4.79 Å². The molecular weight excluding hydrogens is 513 g/mol. The fraction of sp³-hybridized carbons (Fsp3) is 0.462. The second-order valence-corrected chi connectivity index (χ2v) is 9.08. The fourth-order valence-electron chi connectivity index (χ4n) is 4.76. The minimum absolute atomic E-state index is 0. The molecule has 37 heavy (non-hydrogen) atoms. The van der Waals surface area contributed by atoms with Crippen LogP contribution < -0.4 is 10.1 Å². The van der Waals surface area contributed by atoms with E-state index in [0.717, 1.165) is 17.7 Å². The number of fused-ring (bicyclic) bond motifs is 1. The van der Waals surface area contributed by atoms with E-state index in [1.54, 1.807) is 24.0 Å². The van der Waals surface area contributed by atoms with E-state index in [1.165, 1.54) is 12.1 Å². The molecular formula is C26H30ClF3N2O5. The number of hydrogen-bond donors (Lipinski definition) is 2. The van der Waals surface area contributed by atoms with Gasteiger partial charge in [-0.25, -0.2) is 4.79 Å². The van der Waals surface area contributed by atoms with E-state index >= 15 is 0 Å². The number of rotatable bonds is 11. The van der Waals surface area contributed by atoms with Gasteiger partial charge in [-0.2, -0.15) is 13.2 Å². The molecule has 1 amide bonds. The van der Waals surface area contributed by atoms with Crippen LogP contribution in [0.1, 0.15) is 28.4 Å². The van der Waals surface area contributed by atoms with Gasteiger partial charge in [0.05, 0.1) is 5.56 Å². The molecule has 2 aliphatic rings. The van der Waals surface area contributed by atoms with Crippen LogP contribution in [-0.2, 0) is 22.1 Å². The lowest BCUT2D eigenvalue weighted by Crippen LogP contribution is -2.36. The number of nitrogens with zero attached hydrogens (tertiary/aromatic N) is 1. The number of carboxylic acid groups (broad SMARTS) is 1. The van der Waals surface area contributed by atoms with Gasteiger partial charge in [0, 0.05) is 44.3 Å². The Bertz CT molecular complexity index is 1070. The highest BCUT2D eigenvalue weighted by atomic mass is 35.5. The topological polar surface area (TPSA) is 88.1 Å². The first-order valence-corrected chi connectivity index (χ1v) is 11.9. The monoisotopic (exact) mass is 542 g/mol. The van der Waals surface area contributed by atoms with E-state index in [9.17, 15) is 27.9 Å². The Labute approximate surface area is 219 Å². The van der Waals surface area contributed by atoms with Crippen LogP contribution in [0.3, 0.4) is 0 Å². The number of carbonyl (C=O) groups is 2. The van der Waals surface area contributed by atoms with Gasteiger partial charge >= 0.3 is 12.1 Å². The molecule has 0 aromatic heterocycles. The standard InChI is InChI=1S/C26H29F3N2O5.ClH/c1-2-35-22(25(33)34)12-16-6-8-19(9-7-16)36-11-10-30-23-20-14-31(15-21(20)23)24(32)17-4-3-5-18(13-17)26(27,28)29;/h3-9,13,20-23,30H,2,10-12,14-15H2,1H3,(H,33,34);1H/t20-,21+,22-,23?;/m0./s1. The number of amides is 1. The minimum Gasteiger partial charge on any atom is -0.492 e. The SMILES string of the molecule is CCO[C@@H](Cc1ccc(OCCNC2[C@H]3CN(C(=O)c4cccc(C(F)(F)F)c4)C[C@@H]23)cc1)C(=O)O.Cl. The second kappa shape index (κ2) is 12.1. The molecule has 0 bridgehead atoms. The molecule has 7 nitrogen and oxygen atoms in total. The average molecular weight is 543 g/mol. The van der Waals surface area contributed by atoms with Gasteiger partial charge in [0.2, 0.25) is 0 Å². The summed E-state index contributed by atoms with van der Waals surface area (Å²) in [6.07, 6.45) is -5.07. The Kier molecular flexibility index (Phi) is 9.44. The Morgan fingerprint density at radius 1 is 1.14 bits per heavy atom. The molecule has 2 N–H and O–H groups in total. The quantitative estimate of drug-likeness (QED) is 0.419. The van der Waals surface area contributed by atoms with E-state index in [-0.39, 0.29) is 36.3 Å². The van der Waals surface area contributed by atoms with Gasteiger partial charge in [-0.1, -0.05) is 18.2 Å². The molecule has 1 aliphatic carbocycles. The fourth-order valence-corrected chi connectivity index (χ4v) is 4.76. The van der Waals surface area contributed by atoms with Crippen molar-refractivity contribution in [3.05, 3.63) is 65.2 Å². The summed E-state index contributed by atoms with van der Waals surface area (Å²) >= 11 is 0. The molecule has 4 atom stereocenters. The van der Waals surface area contributed by atoms with Crippen molar-refractivity contribution in [1.82, 2.24) is 10.2 Å². The van der Waals surface area contributed by atoms with Crippen molar-refractivity contribution in [2.45, 2.75) is 31.7 Å². The molecule has 1 aliphatic heterocycles. The van der Waals surface area contributed by atoms with Crippen molar-refractivity contribution in [2.24, 2.45) is 11.8 Å². The summed E-state index contributed by atoms with van der Waals surface area (Å²) in [7, 11) is 0. The third-order valence-electron chi connectivity index (χ3n) is 6.66. The van der Waals surface area contributed by atoms with E-state index in [2.05, 4.69) is 5.32 Å². The van der Waals surface area contributed by atoms with E-state index in [4.69, 9.17) is 9.47 Å². The molecule has 2 aromatic rings. The smallest absolute Gasteiger partial charge is 0.416 e. The van der Waals surface area contributed by atoms with Crippen LogP contribution in [-0.4, -0.2) is 66.9 Å². The molecule has 2 aromatic carbocycles. The summed E-state index contributed by atoms with van der Waals surface area (Å²) < 4.78 is 49.8. The Morgan fingerprint density at radius 2 is 1.81 bits per heavy atom. The third kappa shape index (κ3) is 7.15. The van der Waals surface area contributed by atoms with E-state index in [1.807, 2.05) is 12.1 Å². The Hall–Kier alpha value is -2.82. The lowest BCUT2D eigenvalue weighted by molar-refractivity contribution is -0.150. The summed E-state index contributed by atoms with van der Waals surface area (Å²) in [5, 5.41) is 12.6. The van der Waals surface area contributed by atoms with Crippen LogP contribution >= 0.6 is 12.4 Å². The van der Waals surface area contributed by atoms with Crippen LogP contribution in [0.15, 0.2) is 48.5 Å². The predicted molar refractivity (Wildman–Crippen MR) is 132 cm³/mol. The zero-order chi connectivity index (χ0) is 25.9. The number of carboxylic acids is 1. The molecule has 0 spiro atoms. The predicted octanol–water partition coefficient (Wildman–Crippen LogP) is 3.90. The van der Waals surface area contributed by atoms with Crippen LogP contribution in [0.5, 0.6) is 5.75 Å². The van der Waals surface area contributed by atoms with Crippen LogP contribution in [0.25, 0.3) is 0 Å². The number of hydrogen-bond acceptors (Lipinski definition) is 5. The van der Waals surface area contributed by atoms with Crippen molar-refractivity contribution >= 4 is 24.3 Å². The highest BCUT2D eigenvalue weighted by Gasteiger charge is 2.56. The largest absolute Gasteiger partial charge is 0.492 e. The lowest BCUT2D eigenvalue weighted by atomic mass is 10.1. The van der Waals surface area contributed by atoms with Gasteiger partial charge in [0.1, 0.15) is 12.4 Å². The average Bonchev–Trinajstić information content (AvgIpc) is 3.29. The molecule has 202 valence electrons. The van der Waals surface area contributed by atoms with E-state index < -0.39 is 23.8 Å². The molecule has 4 rings (SSSR count). The number of ether oxygens (including phenoxy) is 2. The number of carbonyl (C=O) groups excluding carboxylic acids is 1. The molecule has 2 fully saturated rings. The molecule has 1 heterocycles. The number of nitrogens with one attached hydrogen (secondary N) is 1. The zero-order valence-electron chi connectivity index (χ0n) is 20.2. The first-order chi connectivity index (χ1) is 17.2. The number of alkyl halides is 3. The van der Waals surface area contributed by atoms with Gasteiger partial charge in [0.15, 0.2) is 6.10 Å². The molecule has 1 saturated carbocycles. The van der Waals surface area contributed by atoms with Crippen molar-refractivity contribution in [3.63, 3.8) is 0 Å². The Morgan fingerprint density at radius 3 is 2.41 bits per heavy atom. The molecule has 1 saturated heterocycles. The number of benzene rings is 2. The number of likely N-dealkylation sites (tertiary alicyclic amines) is 1. The lowest BCUT2D eigenvalue weighted by Gasteiger charge is -2.21. The molecule has 11 heteroatoms.